The van der Waals surface area contributed by atoms with Crippen molar-refractivity contribution in [2.45, 2.75) is 18.4 Å². The fourth-order valence-corrected chi connectivity index (χ4v) is 3.95. The summed E-state index contributed by atoms with van der Waals surface area (Å²) in [4.78, 5) is 14.2. The molecule has 0 unspecified atom stereocenters. The first kappa shape index (κ1) is 20.5. The van der Waals surface area contributed by atoms with Crippen LogP contribution in [-0.2, 0) is 16.6 Å². The van der Waals surface area contributed by atoms with Crippen LogP contribution in [0.5, 0.6) is 0 Å². The van der Waals surface area contributed by atoms with Gasteiger partial charge in [0, 0.05) is 19.2 Å². The number of carbonyl (C=O) groups excluding carboxylic acids is 1. The Bertz CT molecular complexity index is 1110. The van der Waals surface area contributed by atoms with Crippen LogP contribution in [0.15, 0.2) is 77.7 Å². The molecule has 3 aromatic rings. The number of nitrogens with one attached hydrogen (secondary N) is 1. The number of benzene rings is 3. The van der Waals surface area contributed by atoms with Gasteiger partial charge in [-0.05, 0) is 60.5 Å². The van der Waals surface area contributed by atoms with Gasteiger partial charge < -0.3 is 4.90 Å². The SMILES string of the molecule is Cc1ccccc1NS(=O)(=O)c1ccc(C(=O)N(C)Cc2ccc(F)cc2)cc1. The highest BCUT2D eigenvalue weighted by molar-refractivity contribution is 7.92. The minimum absolute atomic E-state index is 0.0680. The first-order valence-electron chi connectivity index (χ1n) is 8.95. The van der Waals surface area contributed by atoms with Gasteiger partial charge in [0.05, 0.1) is 10.6 Å². The summed E-state index contributed by atoms with van der Waals surface area (Å²) in [6, 6.07) is 18.8. The van der Waals surface area contributed by atoms with Gasteiger partial charge in [-0.15, -0.1) is 0 Å². The van der Waals surface area contributed by atoms with Crippen molar-refractivity contribution in [3.8, 4) is 0 Å². The van der Waals surface area contributed by atoms with E-state index in [1.54, 1.807) is 31.3 Å². The lowest BCUT2D eigenvalue weighted by Crippen LogP contribution is -2.26. The number of carbonyl (C=O) groups is 1. The van der Waals surface area contributed by atoms with Gasteiger partial charge in [0.2, 0.25) is 0 Å². The standard InChI is InChI=1S/C22H21FN2O3S/c1-16-5-3-4-6-21(16)24-29(27,28)20-13-9-18(10-14-20)22(26)25(2)15-17-7-11-19(23)12-8-17/h3-14,24H,15H2,1-2H3. The molecule has 0 bridgehead atoms. The third-order valence-corrected chi connectivity index (χ3v) is 5.86. The molecule has 0 aliphatic carbocycles. The monoisotopic (exact) mass is 412 g/mol. The quantitative estimate of drug-likeness (QED) is 0.660. The van der Waals surface area contributed by atoms with E-state index in [1.807, 2.05) is 19.1 Å². The lowest BCUT2D eigenvalue weighted by Gasteiger charge is -2.17. The third kappa shape index (κ3) is 5.00. The van der Waals surface area contributed by atoms with Crippen LogP contribution in [-0.4, -0.2) is 26.3 Å². The molecule has 29 heavy (non-hydrogen) atoms. The zero-order valence-corrected chi connectivity index (χ0v) is 16.9. The topological polar surface area (TPSA) is 66.5 Å². The van der Waals surface area contributed by atoms with E-state index in [0.29, 0.717) is 17.8 Å². The first-order valence-corrected chi connectivity index (χ1v) is 10.4. The molecule has 0 aliphatic rings. The Labute approximate surface area is 169 Å². The van der Waals surface area contributed by atoms with E-state index >= 15 is 0 Å². The van der Waals surface area contributed by atoms with Gasteiger partial charge in [0.15, 0.2) is 0 Å². The summed E-state index contributed by atoms with van der Waals surface area (Å²) in [7, 11) is -2.13. The molecular formula is C22H21FN2O3S. The summed E-state index contributed by atoms with van der Waals surface area (Å²) < 4.78 is 40.8. The Balaban J connectivity index is 1.72. The summed E-state index contributed by atoms with van der Waals surface area (Å²) in [5, 5.41) is 0. The smallest absolute Gasteiger partial charge is 0.261 e. The molecule has 0 aliphatic heterocycles. The van der Waals surface area contributed by atoms with Crippen LogP contribution >= 0.6 is 0 Å². The van der Waals surface area contributed by atoms with E-state index in [-0.39, 0.29) is 16.6 Å². The van der Waals surface area contributed by atoms with E-state index in [0.717, 1.165) is 11.1 Å². The molecule has 0 aromatic heterocycles. The van der Waals surface area contributed by atoms with Gasteiger partial charge in [-0.3, -0.25) is 9.52 Å². The number of rotatable bonds is 6. The maximum Gasteiger partial charge on any atom is 0.261 e. The van der Waals surface area contributed by atoms with Crippen molar-refractivity contribution in [2.75, 3.05) is 11.8 Å². The molecule has 3 aromatic carbocycles. The van der Waals surface area contributed by atoms with Crippen LogP contribution in [0.25, 0.3) is 0 Å². The number of hydrogen-bond donors (Lipinski definition) is 1. The molecule has 0 saturated heterocycles. The highest BCUT2D eigenvalue weighted by atomic mass is 32.2. The summed E-state index contributed by atoms with van der Waals surface area (Å²) in [5.74, 6) is -0.594. The number of para-hydroxylation sites is 1. The second kappa shape index (κ2) is 8.45. The molecule has 7 heteroatoms. The van der Waals surface area contributed by atoms with Gasteiger partial charge in [-0.1, -0.05) is 30.3 Å². The number of hydrogen-bond acceptors (Lipinski definition) is 3. The van der Waals surface area contributed by atoms with Crippen molar-refractivity contribution in [1.82, 2.24) is 4.90 Å². The summed E-state index contributed by atoms with van der Waals surface area (Å²) in [6.07, 6.45) is 0. The molecule has 0 atom stereocenters. The molecule has 0 fully saturated rings. The molecule has 0 heterocycles. The van der Waals surface area contributed by atoms with Crippen LogP contribution < -0.4 is 4.72 Å². The molecule has 0 spiro atoms. The van der Waals surface area contributed by atoms with Gasteiger partial charge in [-0.2, -0.15) is 0 Å². The predicted octanol–water partition coefficient (Wildman–Crippen LogP) is 4.21. The fourth-order valence-electron chi connectivity index (χ4n) is 2.82. The summed E-state index contributed by atoms with van der Waals surface area (Å²) in [6.45, 7) is 2.13. The fraction of sp³-hybridized carbons (Fsp3) is 0.136. The lowest BCUT2D eigenvalue weighted by atomic mass is 10.1. The maximum atomic E-state index is 13.0. The van der Waals surface area contributed by atoms with Crippen LogP contribution in [0.3, 0.4) is 0 Å². The molecule has 0 radical (unpaired) electrons. The number of aryl methyl sites for hydroxylation is 1. The van der Waals surface area contributed by atoms with Crippen molar-refractivity contribution in [3.05, 3.63) is 95.3 Å². The first-order chi connectivity index (χ1) is 13.8. The van der Waals surface area contributed by atoms with Crippen molar-refractivity contribution in [1.29, 1.82) is 0 Å². The molecule has 1 N–H and O–H groups in total. The second-order valence-electron chi connectivity index (χ2n) is 6.73. The molecule has 5 nitrogen and oxygen atoms in total. The van der Waals surface area contributed by atoms with E-state index in [4.69, 9.17) is 0 Å². The van der Waals surface area contributed by atoms with Crippen molar-refractivity contribution < 1.29 is 17.6 Å². The predicted molar refractivity (Wildman–Crippen MR) is 111 cm³/mol. The minimum Gasteiger partial charge on any atom is -0.337 e. The van der Waals surface area contributed by atoms with Crippen molar-refractivity contribution in [3.63, 3.8) is 0 Å². The van der Waals surface area contributed by atoms with Gasteiger partial charge in [0.25, 0.3) is 15.9 Å². The van der Waals surface area contributed by atoms with E-state index in [1.165, 1.54) is 41.3 Å². The minimum atomic E-state index is -3.76. The second-order valence-corrected chi connectivity index (χ2v) is 8.41. The Hall–Kier alpha value is -3.19. The molecule has 1 amide bonds. The Morgan fingerprint density at radius 3 is 2.21 bits per heavy atom. The highest BCUT2D eigenvalue weighted by Gasteiger charge is 2.17. The highest BCUT2D eigenvalue weighted by Crippen LogP contribution is 2.20. The molecular weight excluding hydrogens is 391 g/mol. The van der Waals surface area contributed by atoms with E-state index in [2.05, 4.69) is 4.72 Å². The molecule has 0 saturated carbocycles. The van der Waals surface area contributed by atoms with Crippen molar-refractivity contribution in [2.24, 2.45) is 0 Å². The van der Waals surface area contributed by atoms with Gasteiger partial charge in [0.1, 0.15) is 5.82 Å². The normalized spacial score (nSPS) is 11.1. The Kier molecular flexibility index (Phi) is 5.98. The Morgan fingerprint density at radius 1 is 0.966 bits per heavy atom. The number of amides is 1. The molecule has 3 rings (SSSR count). The third-order valence-electron chi connectivity index (χ3n) is 4.48. The van der Waals surface area contributed by atoms with Crippen LogP contribution in [0.2, 0.25) is 0 Å². The zero-order valence-electron chi connectivity index (χ0n) is 16.1. The van der Waals surface area contributed by atoms with Gasteiger partial charge in [-0.25, -0.2) is 12.8 Å². The van der Waals surface area contributed by atoms with Crippen molar-refractivity contribution >= 4 is 21.6 Å². The number of nitrogens with zero attached hydrogens (tertiary/aromatic N) is 1. The maximum absolute atomic E-state index is 13.0. The zero-order chi connectivity index (χ0) is 21.0. The number of halogens is 1. The van der Waals surface area contributed by atoms with E-state index < -0.39 is 10.0 Å². The average molecular weight is 412 g/mol. The summed E-state index contributed by atoms with van der Waals surface area (Å²) >= 11 is 0. The lowest BCUT2D eigenvalue weighted by molar-refractivity contribution is 0.0785. The number of anilines is 1. The average Bonchev–Trinajstić information content (AvgIpc) is 2.71. The molecule has 150 valence electrons. The number of sulfonamides is 1. The summed E-state index contributed by atoms with van der Waals surface area (Å²) in [5.41, 5.74) is 2.48. The van der Waals surface area contributed by atoms with Crippen LogP contribution in [0, 0.1) is 12.7 Å². The Morgan fingerprint density at radius 2 is 1.59 bits per heavy atom. The van der Waals surface area contributed by atoms with E-state index in [9.17, 15) is 17.6 Å². The van der Waals surface area contributed by atoms with Gasteiger partial charge >= 0.3 is 0 Å². The van der Waals surface area contributed by atoms with Crippen LogP contribution in [0.4, 0.5) is 10.1 Å². The van der Waals surface area contributed by atoms with Crippen LogP contribution in [0.1, 0.15) is 21.5 Å². The largest absolute Gasteiger partial charge is 0.337 e.